The lowest BCUT2D eigenvalue weighted by atomic mass is 9.84. The van der Waals surface area contributed by atoms with E-state index in [0.717, 1.165) is 25.7 Å². The van der Waals surface area contributed by atoms with Crippen LogP contribution in [0.25, 0.3) is 0 Å². The molecular formula is C19H21NO2. The molecule has 3 heteroatoms. The molecule has 0 unspecified atom stereocenters. The molecule has 3 nitrogen and oxygen atoms in total. The minimum absolute atomic E-state index is 0.0693. The van der Waals surface area contributed by atoms with E-state index in [0.29, 0.717) is 23.8 Å². The molecule has 2 fully saturated rings. The average Bonchev–Trinajstić information content (AvgIpc) is 3.14. The number of aryl methyl sites for hydroxylation is 1. The lowest BCUT2D eigenvalue weighted by molar-refractivity contribution is 0.0539. The summed E-state index contributed by atoms with van der Waals surface area (Å²) in [4.78, 5) is 14.7. The summed E-state index contributed by atoms with van der Waals surface area (Å²) in [6, 6.07) is 13.2. The number of benzene rings is 1. The summed E-state index contributed by atoms with van der Waals surface area (Å²) in [6.07, 6.45) is 5.98. The van der Waals surface area contributed by atoms with Crippen molar-refractivity contribution in [3.05, 3.63) is 59.5 Å². The summed E-state index contributed by atoms with van der Waals surface area (Å²) in [5.74, 6) is 1.13. The first kappa shape index (κ1) is 13.6. The number of piperidine rings is 1. The minimum atomic E-state index is 0.0693. The van der Waals surface area contributed by atoms with Crippen molar-refractivity contribution in [1.82, 2.24) is 4.90 Å². The second-order valence-electron chi connectivity index (χ2n) is 6.65. The van der Waals surface area contributed by atoms with Gasteiger partial charge in [-0.1, -0.05) is 29.8 Å². The normalized spacial score (nSPS) is 27.1. The third kappa shape index (κ3) is 2.25. The maximum Gasteiger partial charge on any atom is 0.290 e. The third-order valence-corrected chi connectivity index (χ3v) is 5.25. The highest BCUT2D eigenvalue weighted by Crippen LogP contribution is 2.43. The van der Waals surface area contributed by atoms with Crippen LogP contribution < -0.4 is 0 Å². The van der Waals surface area contributed by atoms with E-state index in [4.69, 9.17) is 4.42 Å². The van der Waals surface area contributed by atoms with Crippen molar-refractivity contribution in [1.29, 1.82) is 0 Å². The van der Waals surface area contributed by atoms with Crippen LogP contribution in [0.1, 0.15) is 53.3 Å². The van der Waals surface area contributed by atoms with E-state index in [2.05, 4.69) is 36.1 Å². The zero-order valence-electron chi connectivity index (χ0n) is 12.9. The van der Waals surface area contributed by atoms with Gasteiger partial charge in [-0.3, -0.25) is 4.79 Å². The predicted molar refractivity (Wildman–Crippen MR) is 84.8 cm³/mol. The number of furan rings is 1. The molecule has 0 aliphatic carbocycles. The van der Waals surface area contributed by atoms with E-state index in [1.807, 2.05) is 0 Å². The highest BCUT2D eigenvalue weighted by molar-refractivity contribution is 5.92. The Labute approximate surface area is 130 Å². The molecule has 1 aromatic carbocycles. The fraction of sp³-hybridized carbons (Fsp3) is 0.421. The molecule has 2 bridgehead atoms. The Hall–Kier alpha value is -2.03. The van der Waals surface area contributed by atoms with Crippen LogP contribution in [0.3, 0.4) is 0 Å². The van der Waals surface area contributed by atoms with Crippen LogP contribution in [-0.4, -0.2) is 22.9 Å². The summed E-state index contributed by atoms with van der Waals surface area (Å²) in [5.41, 5.74) is 2.73. The zero-order chi connectivity index (χ0) is 15.1. The fourth-order valence-corrected chi connectivity index (χ4v) is 4.15. The SMILES string of the molecule is Cc1ccc(C2C[C@@H]3CC[C@@H](C2)N3C(=O)c2ccco2)cc1. The molecule has 0 spiro atoms. The molecule has 0 radical (unpaired) electrons. The van der Waals surface area contributed by atoms with Gasteiger partial charge in [0.2, 0.25) is 0 Å². The van der Waals surface area contributed by atoms with Crippen LogP contribution >= 0.6 is 0 Å². The van der Waals surface area contributed by atoms with Gasteiger partial charge in [0.15, 0.2) is 5.76 Å². The number of hydrogen-bond acceptors (Lipinski definition) is 2. The molecule has 0 N–H and O–H groups in total. The van der Waals surface area contributed by atoms with Crippen LogP contribution in [0.5, 0.6) is 0 Å². The number of carbonyl (C=O) groups excluding carboxylic acids is 1. The minimum Gasteiger partial charge on any atom is -0.459 e. The molecule has 2 atom stereocenters. The van der Waals surface area contributed by atoms with E-state index < -0.39 is 0 Å². The molecule has 2 aliphatic rings. The van der Waals surface area contributed by atoms with Gasteiger partial charge in [0, 0.05) is 12.1 Å². The maximum absolute atomic E-state index is 12.6. The Morgan fingerprint density at radius 3 is 2.36 bits per heavy atom. The monoisotopic (exact) mass is 295 g/mol. The standard InChI is InChI=1S/C19H21NO2/c1-13-4-6-14(7-5-13)15-11-16-8-9-17(12-15)20(16)19(21)18-3-2-10-22-18/h2-7,10,15-17H,8-9,11-12H2,1H3/t16-,17-/m0/s1. The molecule has 2 aliphatic heterocycles. The maximum atomic E-state index is 12.6. The first-order valence-corrected chi connectivity index (χ1v) is 8.15. The molecule has 22 heavy (non-hydrogen) atoms. The number of nitrogens with zero attached hydrogens (tertiary/aromatic N) is 1. The fourth-order valence-electron chi connectivity index (χ4n) is 4.15. The van der Waals surface area contributed by atoms with Crippen LogP contribution in [0.4, 0.5) is 0 Å². The predicted octanol–water partition coefficient (Wildman–Crippen LogP) is 4.14. The van der Waals surface area contributed by atoms with E-state index in [1.165, 1.54) is 11.1 Å². The van der Waals surface area contributed by atoms with Gasteiger partial charge < -0.3 is 9.32 Å². The molecule has 4 rings (SSSR count). The van der Waals surface area contributed by atoms with Gasteiger partial charge in [0.1, 0.15) is 0 Å². The van der Waals surface area contributed by atoms with Crippen molar-refractivity contribution in [3.8, 4) is 0 Å². The van der Waals surface area contributed by atoms with E-state index in [-0.39, 0.29) is 5.91 Å². The van der Waals surface area contributed by atoms with Gasteiger partial charge in [0.25, 0.3) is 5.91 Å². The molecule has 2 aromatic rings. The quantitative estimate of drug-likeness (QED) is 0.834. The van der Waals surface area contributed by atoms with Crippen LogP contribution in [-0.2, 0) is 0 Å². The van der Waals surface area contributed by atoms with Crippen LogP contribution in [0.2, 0.25) is 0 Å². The molecule has 114 valence electrons. The molecule has 1 aromatic heterocycles. The Kier molecular flexibility index (Phi) is 3.29. The molecule has 1 amide bonds. The van der Waals surface area contributed by atoms with Gasteiger partial charge in [-0.05, 0) is 56.2 Å². The average molecular weight is 295 g/mol. The smallest absolute Gasteiger partial charge is 0.290 e. The molecule has 0 saturated carbocycles. The van der Waals surface area contributed by atoms with Gasteiger partial charge in [-0.15, -0.1) is 0 Å². The number of rotatable bonds is 2. The third-order valence-electron chi connectivity index (χ3n) is 5.25. The lowest BCUT2D eigenvalue weighted by Crippen LogP contribution is -2.45. The molecule has 2 saturated heterocycles. The Morgan fingerprint density at radius 2 is 1.77 bits per heavy atom. The summed E-state index contributed by atoms with van der Waals surface area (Å²) in [5, 5.41) is 0. The van der Waals surface area contributed by atoms with E-state index in [1.54, 1.807) is 18.4 Å². The van der Waals surface area contributed by atoms with Crippen molar-refractivity contribution >= 4 is 5.91 Å². The summed E-state index contributed by atoms with van der Waals surface area (Å²) in [6.45, 7) is 2.12. The van der Waals surface area contributed by atoms with Crippen molar-refractivity contribution < 1.29 is 9.21 Å². The summed E-state index contributed by atoms with van der Waals surface area (Å²) >= 11 is 0. The van der Waals surface area contributed by atoms with Gasteiger partial charge in [0.05, 0.1) is 6.26 Å². The van der Waals surface area contributed by atoms with Gasteiger partial charge in [-0.2, -0.15) is 0 Å². The summed E-state index contributed by atoms with van der Waals surface area (Å²) < 4.78 is 5.31. The highest BCUT2D eigenvalue weighted by atomic mass is 16.3. The van der Waals surface area contributed by atoms with E-state index in [9.17, 15) is 4.79 Å². The number of hydrogen-bond donors (Lipinski definition) is 0. The number of carbonyl (C=O) groups is 1. The number of fused-ring (bicyclic) bond motifs is 2. The van der Waals surface area contributed by atoms with Gasteiger partial charge in [-0.25, -0.2) is 0 Å². The zero-order valence-corrected chi connectivity index (χ0v) is 12.9. The Balaban J connectivity index is 1.54. The lowest BCUT2D eigenvalue weighted by Gasteiger charge is -2.38. The van der Waals surface area contributed by atoms with Gasteiger partial charge >= 0.3 is 0 Å². The topological polar surface area (TPSA) is 33.5 Å². The van der Waals surface area contributed by atoms with Crippen LogP contribution in [0.15, 0.2) is 47.1 Å². The van der Waals surface area contributed by atoms with E-state index >= 15 is 0 Å². The van der Waals surface area contributed by atoms with Crippen molar-refractivity contribution in [2.75, 3.05) is 0 Å². The molecular weight excluding hydrogens is 274 g/mol. The summed E-state index contributed by atoms with van der Waals surface area (Å²) in [7, 11) is 0. The first-order valence-electron chi connectivity index (χ1n) is 8.15. The largest absolute Gasteiger partial charge is 0.459 e. The highest BCUT2D eigenvalue weighted by Gasteiger charge is 2.44. The first-order chi connectivity index (χ1) is 10.7. The molecule has 3 heterocycles. The second kappa shape index (κ2) is 5.31. The Morgan fingerprint density at radius 1 is 1.09 bits per heavy atom. The number of amides is 1. The van der Waals surface area contributed by atoms with Crippen molar-refractivity contribution in [2.24, 2.45) is 0 Å². The second-order valence-corrected chi connectivity index (χ2v) is 6.65. The van der Waals surface area contributed by atoms with Crippen molar-refractivity contribution in [3.63, 3.8) is 0 Å². The Bertz CT molecular complexity index is 645. The van der Waals surface area contributed by atoms with Crippen molar-refractivity contribution in [2.45, 2.75) is 50.6 Å². The van der Waals surface area contributed by atoms with Crippen LogP contribution in [0, 0.1) is 6.92 Å².